The Bertz CT molecular complexity index is 1200. The number of aliphatic hydroxyl groups is 1. The highest BCUT2D eigenvalue weighted by Crippen LogP contribution is 2.35. The number of halogens is 2. The van der Waals surface area contributed by atoms with Crippen LogP contribution in [0.4, 0.5) is 14.5 Å². The summed E-state index contributed by atoms with van der Waals surface area (Å²) in [5.41, 5.74) is 1.59. The molecule has 1 aliphatic carbocycles. The number of anilines is 1. The Morgan fingerprint density at radius 3 is 2.36 bits per heavy atom. The highest BCUT2D eigenvalue weighted by Gasteiger charge is 2.44. The topological polar surface area (TPSA) is 122 Å². The number of carbonyl (C=O) groups excluding carboxylic acids is 2. The van der Waals surface area contributed by atoms with Crippen LogP contribution >= 0.6 is 0 Å². The molecule has 3 atom stereocenters. The van der Waals surface area contributed by atoms with E-state index in [1.165, 1.54) is 28.5 Å². The first-order valence-corrected chi connectivity index (χ1v) is 13.1. The number of hydrogen-bond acceptors (Lipinski definition) is 7. The molecule has 9 nitrogen and oxygen atoms in total. The fourth-order valence-corrected chi connectivity index (χ4v) is 5.18. The average Bonchev–Trinajstić information content (AvgIpc) is 3.29. The molecule has 2 amide bonds. The molecule has 1 aliphatic heterocycles. The van der Waals surface area contributed by atoms with E-state index >= 15 is 0 Å². The van der Waals surface area contributed by atoms with Crippen molar-refractivity contribution in [3.63, 3.8) is 0 Å². The third kappa shape index (κ3) is 6.50. The van der Waals surface area contributed by atoms with Crippen molar-refractivity contribution in [3.05, 3.63) is 54.1 Å². The van der Waals surface area contributed by atoms with Crippen molar-refractivity contribution in [1.82, 2.24) is 20.2 Å². The number of aromatic nitrogens is 2. The van der Waals surface area contributed by atoms with E-state index in [0.717, 1.165) is 5.56 Å². The molecule has 0 radical (unpaired) electrons. The maximum Gasteiger partial charge on any atom is 0.251 e. The molecule has 2 aromatic rings. The Hall–Kier alpha value is -3.65. The highest BCUT2D eigenvalue weighted by molar-refractivity contribution is 6.04. The van der Waals surface area contributed by atoms with Gasteiger partial charge in [0.2, 0.25) is 11.8 Å². The third-order valence-corrected chi connectivity index (χ3v) is 7.41. The zero-order valence-electron chi connectivity index (χ0n) is 22.3. The summed E-state index contributed by atoms with van der Waals surface area (Å²) in [6, 6.07) is 4.54. The summed E-state index contributed by atoms with van der Waals surface area (Å²) in [5, 5.41) is 22.7. The van der Waals surface area contributed by atoms with Crippen LogP contribution in [0.15, 0.2) is 43.0 Å². The normalized spacial score (nSPS) is 22.1. The van der Waals surface area contributed by atoms with Gasteiger partial charge in [0, 0.05) is 48.9 Å². The first kappa shape index (κ1) is 28.4. The van der Waals surface area contributed by atoms with E-state index in [-0.39, 0.29) is 44.1 Å². The lowest BCUT2D eigenvalue weighted by molar-refractivity contribution is -0.129. The van der Waals surface area contributed by atoms with Crippen LogP contribution in [-0.4, -0.2) is 62.4 Å². The van der Waals surface area contributed by atoms with E-state index in [1.807, 2.05) is 18.3 Å². The Morgan fingerprint density at radius 2 is 1.79 bits per heavy atom. The van der Waals surface area contributed by atoms with Crippen molar-refractivity contribution in [2.75, 3.05) is 11.4 Å². The van der Waals surface area contributed by atoms with Gasteiger partial charge >= 0.3 is 0 Å². The van der Waals surface area contributed by atoms with Gasteiger partial charge in [0.15, 0.2) is 6.19 Å². The van der Waals surface area contributed by atoms with Gasteiger partial charge in [0.1, 0.15) is 18.4 Å². The zero-order chi connectivity index (χ0) is 28.4. The van der Waals surface area contributed by atoms with Crippen molar-refractivity contribution in [1.29, 1.82) is 5.26 Å². The second-order valence-corrected chi connectivity index (χ2v) is 11.4. The molecule has 4 rings (SSSR count). The number of aliphatic hydroxyl groups excluding tert-OH is 1. The minimum atomic E-state index is -2.76. The van der Waals surface area contributed by atoms with E-state index in [0.29, 0.717) is 11.3 Å². The van der Waals surface area contributed by atoms with Gasteiger partial charge in [-0.3, -0.25) is 19.4 Å². The van der Waals surface area contributed by atoms with E-state index in [4.69, 9.17) is 0 Å². The SMILES string of the molecule is CC(C)(C)c1ccc(N(C(=O)[C@H]2C[C@@H](O)CN2C#N)C(C(=O)NC2CCC(F)(F)CC2)c2cncnc2)cc1. The van der Waals surface area contributed by atoms with Crippen molar-refractivity contribution in [2.24, 2.45) is 0 Å². The molecule has 2 heterocycles. The predicted octanol–water partition coefficient (Wildman–Crippen LogP) is 3.46. The van der Waals surface area contributed by atoms with E-state index in [2.05, 4.69) is 36.1 Å². The number of nitriles is 1. The Kier molecular flexibility index (Phi) is 8.16. The molecular weight excluding hydrogens is 506 g/mol. The second kappa shape index (κ2) is 11.2. The maximum absolute atomic E-state index is 14.1. The molecule has 1 unspecified atom stereocenters. The van der Waals surface area contributed by atoms with Crippen LogP contribution < -0.4 is 10.2 Å². The number of alkyl halides is 2. The minimum Gasteiger partial charge on any atom is -0.391 e. The Morgan fingerprint density at radius 1 is 1.18 bits per heavy atom. The molecule has 1 aromatic carbocycles. The number of carbonyl (C=O) groups is 2. The Labute approximate surface area is 226 Å². The summed E-state index contributed by atoms with van der Waals surface area (Å²) < 4.78 is 27.5. The number of rotatable bonds is 6. The molecule has 1 aromatic heterocycles. The van der Waals surface area contributed by atoms with Crippen LogP contribution in [0.25, 0.3) is 0 Å². The smallest absolute Gasteiger partial charge is 0.251 e. The van der Waals surface area contributed by atoms with E-state index in [1.54, 1.807) is 12.1 Å². The van der Waals surface area contributed by atoms with Crippen LogP contribution in [0, 0.1) is 11.5 Å². The van der Waals surface area contributed by atoms with Crippen LogP contribution in [0.1, 0.15) is 70.0 Å². The lowest BCUT2D eigenvalue weighted by Crippen LogP contribution is -2.52. The predicted molar refractivity (Wildman–Crippen MR) is 139 cm³/mol. The van der Waals surface area contributed by atoms with Crippen molar-refractivity contribution in [2.45, 2.75) is 88.4 Å². The summed E-state index contributed by atoms with van der Waals surface area (Å²) in [6.45, 7) is 6.17. The number of hydrogen-bond donors (Lipinski definition) is 2. The molecule has 2 N–H and O–H groups in total. The van der Waals surface area contributed by atoms with Crippen molar-refractivity contribution >= 4 is 17.5 Å². The van der Waals surface area contributed by atoms with E-state index in [9.17, 15) is 28.7 Å². The number of nitrogens with one attached hydrogen (secondary N) is 1. The zero-order valence-corrected chi connectivity index (χ0v) is 22.3. The fraction of sp³-hybridized carbons (Fsp3) is 0.536. The molecular formula is C28H34F2N6O3. The number of nitrogens with zero attached hydrogens (tertiary/aromatic N) is 5. The van der Waals surface area contributed by atoms with Gasteiger partial charge < -0.3 is 10.4 Å². The standard InChI is InChI=1S/C28H34F2N6O3/c1-27(2,3)19-4-6-21(7-5-19)36(26(39)23-12-22(37)15-35(23)16-31)24(18-13-32-17-33-14-18)25(38)34-20-8-10-28(29,30)11-9-20/h4-7,13-14,17,20,22-24,37H,8-12,15H2,1-3H3,(H,34,38)/t22-,23-,24?/m1/s1. The summed E-state index contributed by atoms with van der Waals surface area (Å²) in [6.07, 6.45) is 4.86. The van der Waals surface area contributed by atoms with Crippen LogP contribution in [0.3, 0.4) is 0 Å². The molecule has 208 valence electrons. The fourth-order valence-electron chi connectivity index (χ4n) is 5.18. The molecule has 11 heteroatoms. The first-order chi connectivity index (χ1) is 18.4. The molecule has 2 fully saturated rings. The minimum absolute atomic E-state index is 0.00526. The molecule has 1 saturated heterocycles. The molecule has 2 aliphatic rings. The summed E-state index contributed by atoms with van der Waals surface area (Å²) in [4.78, 5) is 38.6. The van der Waals surface area contributed by atoms with Crippen LogP contribution in [0.5, 0.6) is 0 Å². The average molecular weight is 541 g/mol. The van der Waals surface area contributed by atoms with Crippen LogP contribution in [0.2, 0.25) is 0 Å². The van der Waals surface area contributed by atoms with Gasteiger partial charge in [-0.05, 0) is 36.0 Å². The third-order valence-electron chi connectivity index (χ3n) is 7.41. The van der Waals surface area contributed by atoms with Gasteiger partial charge in [-0.2, -0.15) is 5.26 Å². The van der Waals surface area contributed by atoms with Gasteiger partial charge in [-0.25, -0.2) is 18.7 Å². The number of β-amino-alcohol motifs (C(OH)–C–C–N with tert-alkyl or cyclic N) is 1. The van der Waals surface area contributed by atoms with Gasteiger partial charge in [0.25, 0.3) is 5.91 Å². The van der Waals surface area contributed by atoms with Gasteiger partial charge in [0.05, 0.1) is 12.6 Å². The monoisotopic (exact) mass is 540 g/mol. The Balaban J connectivity index is 1.76. The van der Waals surface area contributed by atoms with Crippen LogP contribution in [-0.2, 0) is 15.0 Å². The highest BCUT2D eigenvalue weighted by atomic mass is 19.3. The molecule has 0 spiro atoms. The summed E-state index contributed by atoms with van der Waals surface area (Å²) in [7, 11) is 0. The first-order valence-electron chi connectivity index (χ1n) is 13.1. The van der Waals surface area contributed by atoms with Gasteiger partial charge in [-0.15, -0.1) is 0 Å². The lowest BCUT2D eigenvalue weighted by Gasteiger charge is -2.36. The van der Waals surface area contributed by atoms with Gasteiger partial charge in [-0.1, -0.05) is 32.9 Å². The number of benzene rings is 1. The maximum atomic E-state index is 14.1. The summed E-state index contributed by atoms with van der Waals surface area (Å²) in [5.74, 6) is -3.86. The number of likely N-dealkylation sites (tertiary alicyclic amines) is 1. The molecule has 39 heavy (non-hydrogen) atoms. The van der Waals surface area contributed by atoms with E-state index < -0.39 is 42.0 Å². The van der Waals surface area contributed by atoms with Crippen molar-refractivity contribution < 1.29 is 23.5 Å². The lowest BCUT2D eigenvalue weighted by atomic mass is 9.87. The largest absolute Gasteiger partial charge is 0.391 e. The number of amides is 2. The second-order valence-electron chi connectivity index (χ2n) is 11.4. The summed E-state index contributed by atoms with van der Waals surface area (Å²) >= 11 is 0. The quantitative estimate of drug-likeness (QED) is 0.538. The van der Waals surface area contributed by atoms with Crippen molar-refractivity contribution in [3.8, 4) is 6.19 Å². The molecule has 1 saturated carbocycles. The molecule has 0 bridgehead atoms.